The van der Waals surface area contributed by atoms with E-state index in [0.29, 0.717) is 5.56 Å². The van der Waals surface area contributed by atoms with Crippen LogP contribution in [0.15, 0.2) is 18.2 Å². The zero-order valence-electron chi connectivity index (χ0n) is 8.27. The molecule has 1 aromatic rings. The highest BCUT2D eigenvalue weighted by molar-refractivity contribution is 9.09. The Hall–Kier alpha value is -0.770. The lowest BCUT2D eigenvalue weighted by Crippen LogP contribution is -2.05. The third kappa shape index (κ3) is 3.38. The fourth-order valence-corrected chi connectivity index (χ4v) is 1.48. The van der Waals surface area contributed by atoms with Crippen molar-refractivity contribution in [3.05, 3.63) is 34.9 Å². The largest absolute Gasteiger partial charge is 0.298 e. The summed E-state index contributed by atoms with van der Waals surface area (Å²) in [5.74, 6) is -0.00971. The molecule has 0 amide bonds. The molecule has 0 aliphatic rings. The number of aryl methyl sites for hydroxylation is 1. The van der Waals surface area contributed by atoms with Gasteiger partial charge in [0.05, 0.1) is 5.33 Å². The highest BCUT2D eigenvalue weighted by Gasteiger charge is 2.10. The second kappa shape index (κ2) is 5.35. The molecule has 1 aromatic carbocycles. The average Bonchev–Trinajstić information content (AvgIpc) is 2.20. The molecule has 0 atom stereocenters. The summed E-state index contributed by atoms with van der Waals surface area (Å²) in [4.78, 5) is 11.2. The minimum Gasteiger partial charge on any atom is -0.298 e. The minimum atomic E-state index is -2.48. The highest BCUT2D eigenvalue weighted by Crippen LogP contribution is 2.22. The fourth-order valence-electron chi connectivity index (χ4n) is 1.28. The molecule has 0 fully saturated rings. The zero-order valence-corrected chi connectivity index (χ0v) is 9.85. The number of ketones is 1. The van der Waals surface area contributed by atoms with Gasteiger partial charge in [0.15, 0.2) is 0 Å². The van der Waals surface area contributed by atoms with Gasteiger partial charge in [-0.1, -0.05) is 28.1 Å². The van der Waals surface area contributed by atoms with E-state index in [-0.39, 0.29) is 23.1 Å². The lowest BCUT2D eigenvalue weighted by Gasteiger charge is -2.07. The molecule has 0 spiro atoms. The molecule has 0 saturated carbocycles. The number of carbonyl (C=O) groups is 1. The van der Waals surface area contributed by atoms with Crippen LogP contribution < -0.4 is 0 Å². The molecule has 82 valence electrons. The van der Waals surface area contributed by atoms with E-state index in [4.69, 9.17) is 0 Å². The Morgan fingerprint density at radius 3 is 2.67 bits per heavy atom. The van der Waals surface area contributed by atoms with E-state index in [2.05, 4.69) is 15.9 Å². The number of carbonyl (C=O) groups excluding carboxylic acids is 1. The summed E-state index contributed by atoms with van der Waals surface area (Å²) in [7, 11) is 0. The third-order valence-corrected chi connectivity index (χ3v) is 2.79. The van der Waals surface area contributed by atoms with Gasteiger partial charge in [0.25, 0.3) is 6.43 Å². The standard InChI is InChI=1S/C11H11BrF2O/c1-7-2-3-8(11(13)14)4-9(7)5-10(15)6-12/h2-4,11H,5-6H2,1H3. The van der Waals surface area contributed by atoms with E-state index in [1.165, 1.54) is 12.1 Å². The number of Topliss-reactive ketones (excluding diaryl/α,β-unsaturated/α-hetero) is 1. The first-order valence-corrected chi connectivity index (χ1v) is 5.62. The Balaban J connectivity index is 2.95. The SMILES string of the molecule is Cc1ccc(C(F)F)cc1CC(=O)CBr. The van der Waals surface area contributed by atoms with Gasteiger partial charge in [-0.3, -0.25) is 4.79 Å². The van der Waals surface area contributed by atoms with Gasteiger partial charge in [0.2, 0.25) is 0 Å². The number of alkyl halides is 3. The van der Waals surface area contributed by atoms with Crippen LogP contribution in [0.2, 0.25) is 0 Å². The first kappa shape index (κ1) is 12.3. The van der Waals surface area contributed by atoms with Gasteiger partial charge in [-0.05, 0) is 24.1 Å². The summed E-state index contributed by atoms with van der Waals surface area (Å²) in [5.41, 5.74) is 1.52. The van der Waals surface area contributed by atoms with Crippen molar-refractivity contribution in [2.24, 2.45) is 0 Å². The van der Waals surface area contributed by atoms with Crippen LogP contribution in [-0.2, 0) is 11.2 Å². The molecule has 0 aromatic heterocycles. The molecule has 0 heterocycles. The second-order valence-electron chi connectivity index (χ2n) is 3.34. The van der Waals surface area contributed by atoms with Gasteiger partial charge in [0.1, 0.15) is 5.78 Å². The van der Waals surface area contributed by atoms with Crippen LogP contribution in [0.4, 0.5) is 8.78 Å². The van der Waals surface area contributed by atoms with Crippen molar-refractivity contribution >= 4 is 21.7 Å². The van der Waals surface area contributed by atoms with Crippen LogP contribution in [0.25, 0.3) is 0 Å². The van der Waals surface area contributed by atoms with Crippen molar-refractivity contribution < 1.29 is 13.6 Å². The molecular formula is C11H11BrF2O. The lowest BCUT2D eigenvalue weighted by atomic mass is 10.0. The molecular weight excluding hydrogens is 266 g/mol. The molecule has 15 heavy (non-hydrogen) atoms. The van der Waals surface area contributed by atoms with Crippen LogP contribution in [0.1, 0.15) is 23.1 Å². The molecule has 0 aliphatic carbocycles. The van der Waals surface area contributed by atoms with Crippen LogP contribution >= 0.6 is 15.9 Å². The molecule has 0 aliphatic heterocycles. The zero-order chi connectivity index (χ0) is 11.4. The Bertz CT molecular complexity index is 364. The van der Waals surface area contributed by atoms with Gasteiger partial charge in [0, 0.05) is 12.0 Å². The summed E-state index contributed by atoms with van der Waals surface area (Å²) in [6.45, 7) is 1.81. The van der Waals surface area contributed by atoms with Gasteiger partial charge >= 0.3 is 0 Å². The molecule has 0 radical (unpaired) electrons. The third-order valence-electron chi connectivity index (χ3n) is 2.16. The van der Waals surface area contributed by atoms with Crippen LogP contribution in [0.5, 0.6) is 0 Å². The first-order valence-electron chi connectivity index (χ1n) is 4.50. The van der Waals surface area contributed by atoms with Crippen molar-refractivity contribution in [2.75, 3.05) is 5.33 Å². The summed E-state index contributed by atoms with van der Waals surface area (Å²) in [6.07, 6.45) is -2.28. The number of halogens is 3. The molecule has 0 saturated heterocycles. The molecule has 4 heteroatoms. The number of hydrogen-bond acceptors (Lipinski definition) is 1. The molecule has 0 unspecified atom stereocenters. The van der Waals surface area contributed by atoms with Crippen molar-refractivity contribution in [2.45, 2.75) is 19.8 Å². The summed E-state index contributed by atoms with van der Waals surface area (Å²) >= 11 is 3.05. The topological polar surface area (TPSA) is 17.1 Å². The minimum absolute atomic E-state index is 0.00971. The number of hydrogen-bond donors (Lipinski definition) is 0. The quantitative estimate of drug-likeness (QED) is 0.770. The monoisotopic (exact) mass is 276 g/mol. The van der Waals surface area contributed by atoms with Crippen LogP contribution in [0, 0.1) is 6.92 Å². The van der Waals surface area contributed by atoms with Crippen LogP contribution in [-0.4, -0.2) is 11.1 Å². The van der Waals surface area contributed by atoms with Gasteiger partial charge in [-0.15, -0.1) is 0 Å². The van der Waals surface area contributed by atoms with E-state index in [1.54, 1.807) is 6.07 Å². The van der Waals surface area contributed by atoms with E-state index in [1.807, 2.05) is 6.92 Å². The maximum atomic E-state index is 12.4. The maximum Gasteiger partial charge on any atom is 0.263 e. The van der Waals surface area contributed by atoms with E-state index < -0.39 is 6.43 Å². The predicted molar refractivity (Wildman–Crippen MR) is 58.6 cm³/mol. The smallest absolute Gasteiger partial charge is 0.263 e. The second-order valence-corrected chi connectivity index (χ2v) is 3.90. The van der Waals surface area contributed by atoms with E-state index >= 15 is 0 Å². The average molecular weight is 277 g/mol. The number of benzene rings is 1. The summed E-state index contributed by atoms with van der Waals surface area (Å²) < 4.78 is 24.8. The van der Waals surface area contributed by atoms with Gasteiger partial charge < -0.3 is 0 Å². The Morgan fingerprint density at radius 1 is 1.47 bits per heavy atom. The highest BCUT2D eigenvalue weighted by atomic mass is 79.9. The van der Waals surface area contributed by atoms with Gasteiger partial charge in [-0.2, -0.15) is 0 Å². The predicted octanol–water partition coefficient (Wildman–Crippen LogP) is 3.44. The van der Waals surface area contributed by atoms with Crippen molar-refractivity contribution in [1.29, 1.82) is 0 Å². The normalized spacial score (nSPS) is 10.7. The first-order chi connectivity index (χ1) is 7.04. The fraction of sp³-hybridized carbons (Fsp3) is 0.364. The molecule has 0 N–H and O–H groups in total. The van der Waals surface area contributed by atoms with Gasteiger partial charge in [-0.25, -0.2) is 8.78 Å². The van der Waals surface area contributed by atoms with E-state index in [0.717, 1.165) is 5.56 Å². The van der Waals surface area contributed by atoms with E-state index in [9.17, 15) is 13.6 Å². The van der Waals surface area contributed by atoms with Crippen molar-refractivity contribution in [1.82, 2.24) is 0 Å². The Kier molecular flexibility index (Phi) is 4.39. The Morgan fingerprint density at radius 2 is 2.13 bits per heavy atom. The van der Waals surface area contributed by atoms with Crippen LogP contribution in [0.3, 0.4) is 0 Å². The summed E-state index contributed by atoms with van der Waals surface area (Å²) in [5, 5.41) is 0.255. The van der Waals surface area contributed by atoms with Crippen molar-refractivity contribution in [3.63, 3.8) is 0 Å². The van der Waals surface area contributed by atoms with Crippen molar-refractivity contribution in [3.8, 4) is 0 Å². The Labute approximate surface area is 95.6 Å². The summed E-state index contributed by atoms with van der Waals surface area (Å²) in [6, 6.07) is 4.42. The molecule has 0 bridgehead atoms. The lowest BCUT2D eigenvalue weighted by molar-refractivity contribution is -0.115. The number of rotatable bonds is 4. The molecule has 1 nitrogen and oxygen atoms in total. The molecule has 1 rings (SSSR count). The maximum absolute atomic E-state index is 12.4.